The second-order valence-electron chi connectivity index (χ2n) is 5.09. The molecular formula is C17H18N4S2. The van der Waals surface area contributed by atoms with Crippen LogP contribution in [0.15, 0.2) is 68.4 Å². The molecule has 1 aliphatic heterocycles. The molecule has 0 fully saturated rings. The molecule has 0 bridgehead atoms. The maximum atomic E-state index is 5.91. The van der Waals surface area contributed by atoms with E-state index in [0.717, 1.165) is 11.1 Å². The Balaban J connectivity index is 2.13. The molecule has 6 heteroatoms. The number of aliphatic imine (C=N–C) groups is 1. The lowest BCUT2D eigenvalue weighted by Crippen LogP contribution is -2.40. The average Bonchev–Trinajstić information content (AvgIpc) is 2.62. The van der Waals surface area contributed by atoms with Crippen molar-refractivity contribution in [3.63, 3.8) is 0 Å². The van der Waals surface area contributed by atoms with Crippen LogP contribution in [0.3, 0.4) is 0 Å². The zero-order chi connectivity index (χ0) is 16.3. The van der Waals surface area contributed by atoms with Gasteiger partial charge in [0.2, 0.25) is 5.96 Å². The molecule has 0 unspecified atom stereocenters. The van der Waals surface area contributed by atoms with Crippen LogP contribution >= 0.6 is 23.5 Å². The van der Waals surface area contributed by atoms with E-state index < -0.39 is 5.54 Å². The first-order chi connectivity index (χ1) is 11.2. The van der Waals surface area contributed by atoms with E-state index in [9.17, 15) is 0 Å². The molecule has 0 saturated carbocycles. The first-order valence-electron chi connectivity index (χ1n) is 7.12. The summed E-state index contributed by atoms with van der Waals surface area (Å²) in [6, 6.07) is 16.7. The lowest BCUT2D eigenvalue weighted by molar-refractivity contribution is 0.706. The Morgan fingerprint density at radius 2 is 1.35 bits per heavy atom. The van der Waals surface area contributed by atoms with Gasteiger partial charge in [0.25, 0.3) is 0 Å². The molecule has 0 aromatic heterocycles. The van der Waals surface area contributed by atoms with Crippen molar-refractivity contribution in [1.82, 2.24) is 5.43 Å². The molecule has 4 nitrogen and oxygen atoms in total. The highest BCUT2D eigenvalue weighted by Gasteiger charge is 2.34. The molecule has 0 aliphatic carbocycles. The topological polar surface area (TPSA) is 62.8 Å². The summed E-state index contributed by atoms with van der Waals surface area (Å²) in [5, 5.41) is 4.21. The summed E-state index contributed by atoms with van der Waals surface area (Å²) < 4.78 is 0. The summed E-state index contributed by atoms with van der Waals surface area (Å²) in [5.74, 6) is 0.315. The van der Waals surface area contributed by atoms with E-state index in [4.69, 9.17) is 5.73 Å². The predicted molar refractivity (Wildman–Crippen MR) is 100 cm³/mol. The van der Waals surface area contributed by atoms with Crippen LogP contribution in [0.5, 0.6) is 0 Å². The Morgan fingerprint density at radius 3 is 1.74 bits per heavy atom. The fourth-order valence-electron chi connectivity index (χ4n) is 2.57. The molecular weight excluding hydrogens is 324 g/mol. The third-order valence-electron chi connectivity index (χ3n) is 3.79. The van der Waals surface area contributed by atoms with E-state index in [2.05, 4.69) is 76.6 Å². The number of nitrogens with two attached hydrogens (primary N) is 1. The Labute approximate surface area is 144 Å². The molecule has 0 spiro atoms. The summed E-state index contributed by atoms with van der Waals surface area (Å²) in [6.07, 6.45) is 5.94. The van der Waals surface area contributed by atoms with Gasteiger partial charge in [0.15, 0.2) is 5.54 Å². The van der Waals surface area contributed by atoms with Crippen molar-refractivity contribution in [2.75, 3.05) is 12.5 Å². The molecule has 3 rings (SSSR count). The van der Waals surface area contributed by atoms with Gasteiger partial charge in [-0.2, -0.15) is 5.10 Å². The number of hydrogen-bond donors (Lipinski definition) is 2. The second kappa shape index (κ2) is 6.68. The monoisotopic (exact) mass is 342 g/mol. The minimum Gasteiger partial charge on any atom is -0.368 e. The normalized spacial score (nSPS) is 15.8. The molecule has 2 aromatic carbocycles. The minimum absolute atomic E-state index is 0.315. The molecule has 2 aromatic rings. The molecule has 1 aliphatic rings. The van der Waals surface area contributed by atoms with Gasteiger partial charge in [-0.3, -0.25) is 0 Å². The van der Waals surface area contributed by atoms with E-state index in [-0.39, 0.29) is 0 Å². The smallest absolute Gasteiger partial charge is 0.211 e. The van der Waals surface area contributed by atoms with Gasteiger partial charge in [0, 0.05) is 9.79 Å². The first-order valence-corrected chi connectivity index (χ1v) is 9.57. The van der Waals surface area contributed by atoms with E-state index >= 15 is 0 Å². The highest BCUT2D eigenvalue weighted by molar-refractivity contribution is 7.98. The van der Waals surface area contributed by atoms with Crippen LogP contribution in [-0.4, -0.2) is 24.7 Å². The fraction of sp³-hybridized carbons (Fsp3) is 0.176. The van der Waals surface area contributed by atoms with Gasteiger partial charge in [-0.05, 0) is 47.9 Å². The third kappa shape index (κ3) is 3.09. The molecule has 0 amide bonds. The van der Waals surface area contributed by atoms with Crippen LogP contribution in [0, 0.1) is 0 Å². The summed E-state index contributed by atoms with van der Waals surface area (Å²) in [6.45, 7) is 0. The minimum atomic E-state index is -0.691. The van der Waals surface area contributed by atoms with E-state index in [1.807, 2.05) is 6.21 Å². The summed E-state index contributed by atoms with van der Waals surface area (Å²) in [4.78, 5) is 7.11. The van der Waals surface area contributed by atoms with E-state index in [1.165, 1.54) is 9.79 Å². The van der Waals surface area contributed by atoms with Crippen molar-refractivity contribution in [2.45, 2.75) is 15.3 Å². The Bertz CT molecular complexity index is 689. The number of guanidine groups is 1. The number of benzene rings is 2. The zero-order valence-electron chi connectivity index (χ0n) is 13.0. The maximum absolute atomic E-state index is 5.91. The lowest BCUT2D eigenvalue weighted by Gasteiger charge is -2.30. The number of hydrogen-bond acceptors (Lipinski definition) is 6. The summed E-state index contributed by atoms with van der Waals surface area (Å²) in [7, 11) is 0. The first kappa shape index (κ1) is 16.0. The van der Waals surface area contributed by atoms with Crippen molar-refractivity contribution >= 4 is 35.7 Å². The van der Waals surface area contributed by atoms with Gasteiger partial charge < -0.3 is 5.73 Å². The molecule has 118 valence electrons. The van der Waals surface area contributed by atoms with Crippen molar-refractivity contribution in [3.05, 3.63) is 59.7 Å². The molecule has 3 N–H and O–H groups in total. The summed E-state index contributed by atoms with van der Waals surface area (Å²) >= 11 is 3.43. The number of nitrogens with zero attached hydrogens (tertiary/aromatic N) is 2. The third-order valence-corrected chi connectivity index (χ3v) is 5.27. The average molecular weight is 342 g/mol. The molecule has 23 heavy (non-hydrogen) atoms. The number of rotatable bonds is 4. The van der Waals surface area contributed by atoms with Crippen molar-refractivity contribution in [1.29, 1.82) is 0 Å². The Kier molecular flexibility index (Phi) is 4.63. The van der Waals surface area contributed by atoms with Gasteiger partial charge in [-0.25, -0.2) is 10.4 Å². The fourth-order valence-corrected chi connectivity index (χ4v) is 3.39. The van der Waals surface area contributed by atoms with Gasteiger partial charge in [0.1, 0.15) is 0 Å². The van der Waals surface area contributed by atoms with Crippen LogP contribution in [0.4, 0.5) is 0 Å². The van der Waals surface area contributed by atoms with Crippen LogP contribution in [0.1, 0.15) is 11.1 Å². The van der Waals surface area contributed by atoms with Gasteiger partial charge >= 0.3 is 0 Å². The van der Waals surface area contributed by atoms with E-state index in [0.29, 0.717) is 5.96 Å². The van der Waals surface area contributed by atoms with Crippen LogP contribution in [0.2, 0.25) is 0 Å². The van der Waals surface area contributed by atoms with Crippen LogP contribution in [0.25, 0.3) is 0 Å². The highest BCUT2D eigenvalue weighted by atomic mass is 32.2. The highest BCUT2D eigenvalue weighted by Crippen LogP contribution is 2.35. The predicted octanol–water partition coefficient (Wildman–Crippen LogP) is 3.28. The molecule has 0 radical (unpaired) electrons. The van der Waals surface area contributed by atoms with Gasteiger partial charge in [-0.1, -0.05) is 24.3 Å². The van der Waals surface area contributed by atoms with Crippen LogP contribution in [-0.2, 0) is 5.54 Å². The Hall–Kier alpha value is -1.92. The largest absolute Gasteiger partial charge is 0.368 e. The SMILES string of the molecule is CSc1ccc(C2(c3ccc(SC)cc3)C=NNC(N)=N2)cc1. The lowest BCUT2D eigenvalue weighted by atomic mass is 9.84. The van der Waals surface area contributed by atoms with Crippen molar-refractivity contribution in [2.24, 2.45) is 15.8 Å². The molecule has 0 atom stereocenters. The summed E-state index contributed by atoms with van der Waals surface area (Å²) in [5.41, 5.74) is 10.0. The Morgan fingerprint density at radius 1 is 0.870 bits per heavy atom. The van der Waals surface area contributed by atoms with Crippen LogP contribution < -0.4 is 11.2 Å². The number of hydrazone groups is 1. The quantitative estimate of drug-likeness (QED) is 0.837. The number of thioether (sulfide) groups is 2. The van der Waals surface area contributed by atoms with E-state index in [1.54, 1.807) is 23.5 Å². The number of nitrogens with one attached hydrogen (secondary N) is 1. The zero-order valence-corrected chi connectivity index (χ0v) is 14.6. The molecule has 1 heterocycles. The standard InChI is InChI=1S/C17H18N4S2/c1-22-14-7-3-12(4-8-14)17(11-19-21-16(18)20-17)13-5-9-15(23-2)10-6-13/h3-11H,1-2H3,(H3,18,20,21). The van der Waals surface area contributed by atoms with Crippen molar-refractivity contribution < 1.29 is 0 Å². The molecule has 0 saturated heterocycles. The second-order valence-corrected chi connectivity index (χ2v) is 6.85. The van der Waals surface area contributed by atoms with Gasteiger partial charge in [-0.15, -0.1) is 23.5 Å². The van der Waals surface area contributed by atoms with Crippen molar-refractivity contribution in [3.8, 4) is 0 Å². The van der Waals surface area contributed by atoms with Gasteiger partial charge in [0.05, 0.1) is 6.21 Å². The maximum Gasteiger partial charge on any atom is 0.211 e.